The number of rotatable bonds is 4. The molecule has 152 valence electrons. The number of hydrogen-bond donors (Lipinski definition) is 0. The number of nitrogens with zero attached hydrogens (tertiary/aromatic N) is 2. The molecule has 0 N–H and O–H groups in total. The number of piperidine rings is 1. The van der Waals surface area contributed by atoms with E-state index in [9.17, 15) is 14.0 Å². The standard InChI is InChI=1S/C23H24ClFN2O2/c1-26-13-17(14-28)19-11-20(21(24)12-22(19)26)23(29)27-8-6-16(7-9-27)10-15-2-4-18(25)5-3-15/h2-5,11-12,14,16-17H,6-10,13H2,1H3. The predicted octanol–water partition coefficient (Wildman–Crippen LogP) is 4.31. The minimum atomic E-state index is -0.222. The predicted molar refractivity (Wildman–Crippen MR) is 112 cm³/mol. The van der Waals surface area contributed by atoms with E-state index < -0.39 is 0 Å². The van der Waals surface area contributed by atoms with Crippen LogP contribution in [0.3, 0.4) is 0 Å². The monoisotopic (exact) mass is 414 g/mol. The second kappa shape index (κ2) is 8.15. The van der Waals surface area contributed by atoms with Crippen LogP contribution in [-0.2, 0) is 11.2 Å². The van der Waals surface area contributed by atoms with Crippen molar-refractivity contribution in [3.63, 3.8) is 0 Å². The Morgan fingerprint density at radius 3 is 2.55 bits per heavy atom. The van der Waals surface area contributed by atoms with Gasteiger partial charge >= 0.3 is 0 Å². The second-order valence-corrected chi connectivity index (χ2v) is 8.49. The molecule has 2 aliphatic rings. The van der Waals surface area contributed by atoms with Gasteiger partial charge in [0.05, 0.1) is 16.5 Å². The van der Waals surface area contributed by atoms with Crippen molar-refractivity contribution in [3.8, 4) is 0 Å². The van der Waals surface area contributed by atoms with E-state index in [1.165, 1.54) is 12.1 Å². The van der Waals surface area contributed by atoms with Crippen molar-refractivity contribution < 1.29 is 14.0 Å². The molecular weight excluding hydrogens is 391 g/mol. The van der Waals surface area contributed by atoms with Crippen LogP contribution in [0.15, 0.2) is 36.4 Å². The number of likely N-dealkylation sites (N-methyl/N-ethyl adjacent to an activating group) is 1. The Morgan fingerprint density at radius 2 is 1.90 bits per heavy atom. The molecule has 0 radical (unpaired) electrons. The number of likely N-dealkylation sites (tertiary alicyclic amines) is 1. The lowest BCUT2D eigenvalue weighted by Crippen LogP contribution is -2.39. The maximum Gasteiger partial charge on any atom is 0.255 e. The van der Waals surface area contributed by atoms with Crippen LogP contribution in [0.2, 0.25) is 5.02 Å². The Bertz CT molecular complexity index is 923. The van der Waals surface area contributed by atoms with Gasteiger partial charge in [-0.2, -0.15) is 0 Å². The van der Waals surface area contributed by atoms with Crippen molar-refractivity contribution in [2.24, 2.45) is 5.92 Å². The van der Waals surface area contributed by atoms with Crippen LogP contribution in [0.25, 0.3) is 0 Å². The Labute approximate surface area is 175 Å². The van der Waals surface area contributed by atoms with E-state index in [0.29, 0.717) is 36.1 Å². The molecule has 0 bridgehead atoms. The summed E-state index contributed by atoms with van der Waals surface area (Å²) in [7, 11) is 1.92. The number of carbonyl (C=O) groups is 2. The van der Waals surface area contributed by atoms with E-state index >= 15 is 0 Å². The Balaban J connectivity index is 1.43. The average Bonchev–Trinajstić information content (AvgIpc) is 3.04. The van der Waals surface area contributed by atoms with Crippen LogP contribution in [-0.4, -0.2) is 43.8 Å². The molecule has 0 saturated carbocycles. The molecule has 0 spiro atoms. The molecule has 2 aromatic carbocycles. The van der Waals surface area contributed by atoms with Crippen molar-refractivity contribution >= 4 is 29.5 Å². The maximum absolute atomic E-state index is 13.1. The summed E-state index contributed by atoms with van der Waals surface area (Å²) in [5.74, 6) is -0.0333. The topological polar surface area (TPSA) is 40.6 Å². The average molecular weight is 415 g/mol. The van der Waals surface area contributed by atoms with Gasteiger partial charge in [-0.05, 0) is 60.6 Å². The molecule has 0 aliphatic carbocycles. The summed E-state index contributed by atoms with van der Waals surface area (Å²) in [5.41, 5.74) is 3.40. The number of carbonyl (C=O) groups excluding carboxylic acids is 2. The fourth-order valence-corrected chi connectivity index (χ4v) is 4.68. The van der Waals surface area contributed by atoms with Gasteiger partial charge in [-0.15, -0.1) is 0 Å². The number of halogens is 2. The lowest BCUT2D eigenvalue weighted by molar-refractivity contribution is -0.108. The summed E-state index contributed by atoms with van der Waals surface area (Å²) in [4.78, 5) is 28.4. The SMILES string of the molecule is CN1CC(C=O)c2cc(C(=O)N3CCC(Cc4ccc(F)cc4)CC3)c(Cl)cc21. The molecule has 1 fully saturated rings. The molecule has 6 heteroatoms. The summed E-state index contributed by atoms with van der Waals surface area (Å²) in [6.45, 7) is 1.96. The smallest absolute Gasteiger partial charge is 0.255 e. The summed E-state index contributed by atoms with van der Waals surface area (Å²) < 4.78 is 13.1. The number of benzene rings is 2. The lowest BCUT2D eigenvalue weighted by atomic mass is 9.90. The van der Waals surface area contributed by atoms with Crippen LogP contribution < -0.4 is 4.90 Å². The molecule has 1 atom stereocenters. The van der Waals surface area contributed by atoms with Crippen LogP contribution in [0.5, 0.6) is 0 Å². The summed E-state index contributed by atoms with van der Waals surface area (Å²) in [5, 5.41) is 0.431. The van der Waals surface area contributed by atoms with Crippen LogP contribution in [0.1, 0.15) is 40.2 Å². The highest BCUT2D eigenvalue weighted by molar-refractivity contribution is 6.34. The molecule has 1 saturated heterocycles. The van der Waals surface area contributed by atoms with E-state index in [4.69, 9.17) is 11.6 Å². The second-order valence-electron chi connectivity index (χ2n) is 8.08. The van der Waals surface area contributed by atoms with Crippen molar-refractivity contribution in [1.29, 1.82) is 0 Å². The van der Waals surface area contributed by atoms with Gasteiger partial charge in [-0.3, -0.25) is 4.79 Å². The van der Waals surface area contributed by atoms with E-state index in [0.717, 1.165) is 42.4 Å². The normalized spacial score (nSPS) is 19.3. The minimum absolute atomic E-state index is 0.0720. The maximum atomic E-state index is 13.1. The molecule has 29 heavy (non-hydrogen) atoms. The largest absolute Gasteiger partial charge is 0.373 e. The van der Waals surface area contributed by atoms with Gasteiger partial charge in [-0.25, -0.2) is 4.39 Å². The van der Waals surface area contributed by atoms with Gasteiger partial charge in [0, 0.05) is 32.4 Å². The third-order valence-corrected chi connectivity index (χ3v) is 6.44. The fraction of sp³-hybridized carbons (Fsp3) is 0.391. The molecular formula is C23H24ClFN2O2. The number of hydrogen-bond acceptors (Lipinski definition) is 3. The fourth-order valence-electron chi connectivity index (χ4n) is 4.44. The highest BCUT2D eigenvalue weighted by atomic mass is 35.5. The zero-order valence-electron chi connectivity index (χ0n) is 16.4. The Morgan fingerprint density at radius 1 is 1.21 bits per heavy atom. The van der Waals surface area contributed by atoms with Crippen LogP contribution >= 0.6 is 11.6 Å². The minimum Gasteiger partial charge on any atom is -0.373 e. The Kier molecular flexibility index (Phi) is 5.59. The van der Waals surface area contributed by atoms with E-state index in [1.807, 2.05) is 29.0 Å². The quantitative estimate of drug-likeness (QED) is 0.700. The molecule has 1 unspecified atom stereocenters. The summed E-state index contributed by atoms with van der Waals surface area (Å²) in [6.07, 6.45) is 3.65. The van der Waals surface area contributed by atoms with Gasteiger partial charge in [-0.1, -0.05) is 23.7 Å². The first-order valence-corrected chi connectivity index (χ1v) is 10.4. The number of anilines is 1. The van der Waals surface area contributed by atoms with Crippen molar-refractivity contribution in [2.45, 2.75) is 25.2 Å². The molecule has 4 rings (SSSR count). The van der Waals surface area contributed by atoms with Crippen molar-refractivity contribution in [2.75, 3.05) is 31.6 Å². The number of aldehydes is 1. The van der Waals surface area contributed by atoms with E-state index in [-0.39, 0.29) is 17.6 Å². The number of amides is 1. The first kappa shape index (κ1) is 19.9. The molecule has 0 aromatic heterocycles. The van der Waals surface area contributed by atoms with Crippen molar-refractivity contribution in [1.82, 2.24) is 4.90 Å². The van der Waals surface area contributed by atoms with Gasteiger partial charge in [0.2, 0.25) is 0 Å². The first-order valence-electron chi connectivity index (χ1n) is 10.00. The molecule has 4 nitrogen and oxygen atoms in total. The summed E-state index contributed by atoms with van der Waals surface area (Å²) in [6, 6.07) is 10.2. The van der Waals surface area contributed by atoms with E-state index in [1.54, 1.807) is 12.1 Å². The number of fused-ring (bicyclic) bond motifs is 1. The van der Waals surface area contributed by atoms with E-state index in [2.05, 4.69) is 0 Å². The third-order valence-electron chi connectivity index (χ3n) is 6.13. The zero-order valence-corrected chi connectivity index (χ0v) is 17.2. The van der Waals surface area contributed by atoms with Crippen LogP contribution in [0, 0.1) is 11.7 Å². The zero-order chi connectivity index (χ0) is 20.5. The van der Waals surface area contributed by atoms with Gasteiger partial charge < -0.3 is 14.6 Å². The molecule has 1 amide bonds. The third kappa shape index (κ3) is 4.01. The highest BCUT2D eigenvalue weighted by Gasteiger charge is 2.31. The molecule has 2 aliphatic heterocycles. The van der Waals surface area contributed by atoms with Crippen LogP contribution in [0.4, 0.5) is 10.1 Å². The Hall–Kier alpha value is -2.40. The molecule has 2 aromatic rings. The van der Waals surface area contributed by atoms with Crippen molar-refractivity contribution in [3.05, 3.63) is 63.9 Å². The van der Waals surface area contributed by atoms with Gasteiger partial charge in [0.25, 0.3) is 5.91 Å². The first-order chi connectivity index (χ1) is 14.0. The van der Waals surface area contributed by atoms with Gasteiger partial charge in [0.1, 0.15) is 12.1 Å². The highest BCUT2D eigenvalue weighted by Crippen LogP contribution is 2.38. The van der Waals surface area contributed by atoms with Gasteiger partial charge in [0.15, 0.2) is 0 Å². The summed E-state index contributed by atoms with van der Waals surface area (Å²) >= 11 is 6.43. The molecule has 2 heterocycles. The lowest BCUT2D eigenvalue weighted by Gasteiger charge is -2.32.